The summed E-state index contributed by atoms with van der Waals surface area (Å²) < 4.78 is 11.9. The number of rotatable bonds is 3. The van der Waals surface area contributed by atoms with Crippen molar-refractivity contribution in [1.29, 1.82) is 0 Å². The highest BCUT2D eigenvalue weighted by molar-refractivity contribution is 5.92. The zero-order valence-corrected chi connectivity index (χ0v) is 18.8. The number of carbonyl (C=O) groups excluding carboxylic acids is 1. The minimum Gasteiger partial charge on any atom is -0.449 e. The quantitative estimate of drug-likeness (QED) is 0.789. The van der Waals surface area contributed by atoms with Gasteiger partial charge in [-0.1, -0.05) is 12.1 Å². The van der Waals surface area contributed by atoms with Crippen molar-refractivity contribution < 1.29 is 14.3 Å². The van der Waals surface area contributed by atoms with Gasteiger partial charge in [-0.05, 0) is 50.3 Å². The van der Waals surface area contributed by atoms with Gasteiger partial charge >= 0.3 is 0 Å². The van der Waals surface area contributed by atoms with Gasteiger partial charge in [-0.2, -0.15) is 0 Å². The number of hydrogen-bond acceptors (Lipinski definition) is 7. The molecule has 2 N–H and O–H groups in total. The minimum atomic E-state index is -0.604. The summed E-state index contributed by atoms with van der Waals surface area (Å²) in [5.74, 6) is 1.40. The van der Waals surface area contributed by atoms with Gasteiger partial charge in [-0.25, -0.2) is 9.97 Å². The van der Waals surface area contributed by atoms with Gasteiger partial charge in [0.1, 0.15) is 17.8 Å². The molecule has 8 heteroatoms. The van der Waals surface area contributed by atoms with Crippen LogP contribution in [0.5, 0.6) is 11.5 Å². The topological polar surface area (TPSA) is 93.8 Å². The number of likely N-dealkylation sites (tertiary alicyclic amines) is 2. The lowest BCUT2D eigenvalue weighted by Crippen LogP contribution is -2.48. The van der Waals surface area contributed by atoms with Crippen molar-refractivity contribution in [3.8, 4) is 11.5 Å². The number of carbonyl (C=O) groups is 1. The summed E-state index contributed by atoms with van der Waals surface area (Å²) in [6.45, 7) is 8.42. The SMILES string of the molecule is CC1(C)Oc2cccc(CN3CCC4(CC3)CCN(C(=O)c3cc(N)ncn3)CC4)c2O1. The van der Waals surface area contributed by atoms with Crippen LogP contribution in [0.2, 0.25) is 0 Å². The monoisotopic (exact) mass is 437 g/mol. The molecule has 2 aromatic rings. The molecule has 170 valence electrons. The van der Waals surface area contributed by atoms with E-state index in [1.807, 2.05) is 30.9 Å². The average Bonchev–Trinajstić information content (AvgIpc) is 3.10. The van der Waals surface area contributed by atoms with Crippen molar-refractivity contribution in [2.45, 2.75) is 51.9 Å². The molecule has 1 amide bonds. The number of ether oxygens (including phenoxy) is 2. The molecule has 3 aliphatic rings. The fourth-order valence-corrected chi connectivity index (χ4v) is 5.18. The van der Waals surface area contributed by atoms with Crippen LogP contribution in [0.1, 0.15) is 55.6 Å². The molecular weight excluding hydrogens is 406 g/mol. The molecule has 8 nitrogen and oxygen atoms in total. The standard InChI is InChI=1S/C24H31N5O3/c1-23(2)31-19-5-3-4-17(21(19)32-23)15-28-10-6-24(7-11-28)8-12-29(13-9-24)22(30)18-14-20(25)27-16-26-18/h3-5,14,16H,6-13,15H2,1-2H3,(H2,25,26,27). The van der Waals surface area contributed by atoms with Crippen LogP contribution in [0.4, 0.5) is 5.82 Å². The van der Waals surface area contributed by atoms with Crippen LogP contribution < -0.4 is 15.2 Å². The first-order valence-corrected chi connectivity index (χ1v) is 11.4. The lowest BCUT2D eigenvalue weighted by Gasteiger charge is -2.47. The second kappa shape index (κ2) is 7.92. The lowest BCUT2D eigenvalue weighted by atomic mass is 9.71. The van der Waals surface area contributed by atoms with E-state index in [-0.39, 0.29) is 5.91 Å². The van der Waals surface area contributed by atoms with Crippen molar-refractivity contribution in [2.24, 2.45) is 5.41 Å². The van der Waals surface area contributed by atoms with E-state index >= 15 is 0 Å². The number of para-hydroxylation sites is 1. The van der Waals surface area contributed by atoms with E-state index in [1.54, 1.807) is 6.07 Å². The van der Waals surface area contributed by atoms with Crippen LogP contribution in [-0.4, -0.2) is 57.6 Å². The van der Waals surface area contributed by atoms with Crippen LogP contribution in [0.15, 0.2) is 30.6 Å². The first-order valence-electron chi connectivity index (χ1n) is 11.4. The number of nitrogens with two attached hydrogens (primary N) is 1. The normalized spacial score (nSPS) is 21.6. The number of hydrogen-bond donors (Lipinski definition) is 1. The largest absolute Gasteiger partial charge is 0.449 e. The van der Waals surface area contributed by atoms with Crippen LogP contribution >= 0.6 is 0 Å². The molecule has 1 spiro atoms. The zero-order chi connectivity index (χ0) is 22.3. The molecule has 2 fully saturated rings. The lowest BCUT2D eigenvalue weighted by molar-refractivity contribution is -0.0438. The Bertz CT molecular complexity index is 1010. The van der Waals surface area contributed by atoms with Crippen molar-refractivity contribution in [1.82, 2.24) is 19.8 Å². The van der Waals surface area contributed by atoms with Gasteiger partial charge in [0.2, 0.25) is 5.79 Å². The molecule has 1 aromatic carbocycles. The summed E-state index contributed by atoms with van der Waals surface area (Å²) in [5.41, 5.74) is 7.61. The van der Waals surface area contributed by atoms with E-state index < -0.39 is 5.79 Å². The van der Waals surface area contributed by atoms with Crippen LogP contribution in [0.3, 0.4) is 0 Å². The number of fused-ring (bicyclic) bond motifs is 1. The van der Waals surface area contributed by atoms with E-state index in [0.717, 1.165) is 69.9 Å². The predicted octanol–water partition coefficient (Wildman–Crippen LogP) is 3.08. The summed E-state index contributed by atoms with van der Waals surface area (Å²) >= 11 is 0. The summed E-state index contributed by atoms with van der Waals surface area (Å²) in [5, 5.41) is 0. The number of amides is 1. The van der Waals surface area contributed by atoms with E-state index in [4.69, 9.17) is 15.2 Å². The Balaban J connectivity index is 1.16. The average molecular weight is 438 g/mol. The molecule has 1 aromatic heterocycles. The van der Waals surface area contributed by atoms with Crippen molar-refractivity contribution in [3.05, 3.63) is 41.9 Å². The molecule has 5 rings (SSSR count). The van der Waals surface area contributed by atoms with Crippen LogP contribution in [0.25, 0.3) is 0 Å². The summed E-state index contributed by atoms with van der Waals surface area (Å²) in [4.78, 5) is 25.2. The zero-order valence-electron chi connectivity index (χ0n) is 18.8. The molecule has 32 heavy (non-hydrogen) atoms. The second-order valence-corrected chi connectivity index (χ2v) is 9.74. The molecule has 3 aliphatic heterocycles. The molecule has 0 saturated carbocycles. The third-order valence-electron chi connectivity index (χ3n) is 7.09. The van der Waals surface area contributed by atoms with Gasteiger partial charge in [-0.3, -0.25) is 9.69 Å². The summed E-state index contributed by atoms with van der Waals surface area (Å²) in [7, 11) is 0. The van der Waals surface area contributed by atoms with Crippen LogP contribution in [-0.2, 0) is 6.54 Å². The van der Waals surface area contributed by atoms with Gasteiger partial charge in [0, 0.05) is 45.1 Å². The van der Waals surface area contributed by atoms with Gasteiger partial charge in [0.05, 0.1) is 0 Å². The first kappa shape index (κ1) is 21.0. The number of anilines is 1. The Morgan fingerprint density at radius 2 is 1.78 bits per heavy atom. The van der Waals surface area contributed by atoms with Gasteiger partial charge in [0.15, 0.2) is 11.5 Å². The number of nitrogen functional groups attached to an aromatic ring is 1. The van der Waals surface area contributed by atoms with Gasteiger partial charge in [-0.15, -0.1) is 0 Å². The third kappa shape index (κ3) is 4.11. The third-order valence-corrected chi connectivity index (χ3v) is 7.09. The molecule has 0 radical (unpaired) electrons. The minimum absolute atomic E-state index is 0.0468. The Labute approximate surface area is 188 Å². The van der Waals surface area contributed by atoms with E-state index in [0.29, 0.717) is 16.9 Å². The maximum atomic E-state index is 12.8. The second-order valence-electron chi connectivity index (χ2n) is 9.74. The first-order chi connectivity index (χ1) is 15.3. The molecule has 0 unspecified atom stereocenters. The fraction of sp³-hybridized carbons (Fsp3) is 0.542. The molecule has 4 heterocycles. The Hall–Kier alpha value is -2.87. The highest BCUT2D eigenvalue weighted by Gasteiger charge is 2.39. The van der Waals surface area contributed by atoms with Crippen molar-refractivity contribution in [2.75, 3.05) is 31.9 Å². The Morgan fingerprint density at radius 3 is 2.50 bits per heavy atom. The number of nitrogens with zero attached hydrogens (tertiary/aromatic N) is 4. The molecule has 0 atom stereocenters. The highest BCUT2D eigenvalue weighted by atomic mass is 16.7. The van der Waals surface area contributed by atoms with Gasteiger partial charge < -0.3 is 20.1 Å². The maximum absolute atomic E-state index is 12.8. The Kier molecular flexibility index (Phi) is 5.20. The molecule has 2 saturated heterocycles. The fourth-order valence-electron chi connectivity index (χ4n) is 5.18. The smallest absolute Gasteiger partial charge is 0.272 e. The number of benzene rings is 1. The summed E-state index contributed by atoms with van der Waals surface area (Å²) in [6.07, 6.45) is 5.75. The Morgan fingerprint density at radius 1 is 1.06 bits per heavy atom. The molecular formula is C24H31N5O3. The highest BCUT2D eigenvalue weighted by Crippen LogP contribution is 2.44. The number of piperidine rings is 2. The van der Waals surface area contributed by atoms with E-state index in [9.17, 15) is 4.79 Å². The maximum Gasteiger partial charge on any atom is 0.272 e. The summed E-state index contributed by atoms with van der Waals surface area (Å²) in [6, 6.07) is 7.71. The molecule has 0 bridgehead atoms. The van der Waals surface area contributed by atoms with Crippen molar-refractivity contribution >= 4 is 11.7 Å². The number of aromatic nitrogens is 2. The van der Waals surface area contributed by atoms with Crippen molar-refractivity contribution in [3.63, 3.8) is 0 Å². The van der Waals surface area contributed by atoms with E-state index in [1.165, 1.54) is 11.9 Å². The van der Waals surface area contributed by atoms with Gasteiger partial charge in [0.25, 0.3) is 5.91 Å². The van der Waals surface area contributed by atoms with Crippen LogP contribution in [0, 0.1) is 5.41 Å². The predicted molar refractivity (Wildman–Crippen MR) is 120 cm³/mol. The molecule has 0 aliphatic carbocycles. The van der Waals surface area contributed by atoms with E-state index in [2.05, 4.69) is 20.9 Å².